The summed E-state index contributed by atoms with van der Waals surface area (Å²) in [5, 5.41) is 2.51. The summed E-state index contributed by atoms with van der Waals surface area (Å²) in [7, 11) is 0. The number of rotatable bonds is 8. The van der Waals surface area contributed by atoms with Gasteiger partial charge in [-0.15, -0.1) is 0 Å². The summed E-state index contributed by atoms with van der Waals surface area (Å²) in [6.07, 6.45) is 9.39. The first-order valence-corrected chi connectivity index (χ1v) is 25.2. The SMILES string of the molecule is CC1(C)c2cc(-c3ccccc3)ccc2-c2ccc(N(c3ccc4ccccc4c3)c3cc4ccc3CCc3ccc(c(N(c5ccccc5)c5ccc(C6CC7CCC6C7)cc5)c3)CC4)cc21. The molecule has 2 heteroatoms. The van der Waals surface area contributed by atoms with Crippen LogP contribution >= 0.6 is 0 Å². The number of fused-ring (bicyclic) bond motifs is 6. The number of aryl methyl sites for hydroxylation is 4. The molecule has 0 N–H and O–H groups in total. The summed E-state index contributed by atoms with van der Waals surface area (Å²) in [6.45, 7) is 4.82. The van der Waals surface area contributed by atoms with Gasteiger partial charge in [0.25, 0.3) is 0 Å². The van der Waals surface area contributed by atoms with Crippen molar-refractivity contribution in [3.63, 3.8) is 0 Å². The Kier molecular flexibility index (Phi) is 10.0. The van der Waals surface area contributed by atoms with Crippen LogP contribution < -0.4 is 9.80 Å². The van der Waals surface area contributed by atoms with Crippen LogP contribution in [0.4, 0.5) is 34.1 Å². The van der Waals surface area contributed by atoms with Gasteiger partial charge in [0.2, 0.25) is 0 Å². The minimum Gasteiger partial charge on any atom is -0.310 e. The lowest BCUT2D eigenvalue weighted by Gasteiger charge is -2.31. The van der Waals surface area contributed by atoms with E-state index in [1.807, 2.05) is 0 Å². The second-order valence-corrected chi connectivity index (χ2v) is 20.8. The quantitative estimate of drug-likeness (QED) is 0.150. The van der Waals surface area contributed by atoms with Crippen LogP contribution in [0.5, 0.6) is 0 Å². The van der Waals surface area contributed by atoms with Crippen LogP contribution in [0.15, 0.2) is 200 Å². The Hall–Kier alpha value is -7.16. The summed E-state index contributed by atoms with van der Waals surface area (Å²) in [5.74, 6) is 2.54. The lowest BCUT2D eigenvalue weighted by atomic mass is 9.81. The number of anilines is 6. The van der Waals surface area contributed by atoms with E-state index in [1.165, 1.54) is 132 Å². The Bertz CT molecular complexity index is 3350. The Morgan fingerprint density at radius 2 is 0.985 bits per heavy atom. The van der Waals surface area contributed by atoms with E-state index in [9.17, 15) is 0 Å². The van der Waals surface area contributed by atoms with E-state index in [4.69, 9.17) is 0 Å². The average Bonchev–Trinajstić information content (AvgIpc) is 4.08. The van der Waals surface area contributed by atoms with Crippen molar-refractivity contribution in [1.29, 1.82) is 0 Å². The van der Waals surface area contributed by atoms with Gasteiger partial charge in [-0.25, -0.2) is 0 Å². The maximum atomic E-state index is 2.57. The molecule has 332 valence electrons. The maximum absolute atomic E-state index is 2.57. The maximum Gasteiger partial charge on any atom is 0.0496 e. The monoisotopic (exact) mass is 878 g/mol. The number of hydrogen-bond donors (Lipinski definition) is 0. The highest BCUT2D eigenvalue weighted by Gasteiger charge is 2.40. The van der Waals surface area contributed by atoms with Gasteiger partial charge in [0.1, 0.15) is 0 Å². The second-order valence-electron chi connectivity index (χ2n) is 20.8. The average molecular weight is 879 g/mol. The van der Waals surface area contributed by atoms with E-state index in [1.54, 1.807) is 0 Å². The second kappa shape index (κ2) is 16.6. The van der Waals surface area contributed by atoms with Gasteiger partial charge in [-0.1, -0.05) is 154 Å². The van der Waals surface area contributed by atoms with E-state index in [-0.39, 0.29) is 5.41 Å². The molecule has 0 saturated heterocycles. The molecule has 68 heavy (non-hydrogen) atoms. The smallest absolute Gasteiger partial charge is 0.0496 e. The van der Waals surface area contributed by atoms with Crippen molar-refractivity contribution in [3.05, 3.63) is 239 Å². The molecule has 16 rings (SSSR count). The first kappa shape index (κ1) is 41.1. The van der Waals surface area contributed by atoms with E-state index in [0.29, 0.717) is 0 Å². The molecule has 9 aromatic carbocycles. The third-order valence-corrected chi connectivity index (χ3v) is 16.5. The van der Waals surface area contributed by atoms with Crippen LogP contribution in [0.1, 0.15) is 84.4 Å². The molecule has 6 bridgehead atoms. The third-order valence-electron chi connectivity index (χ3n) is 16.5. The van der Waals surface area contributed by atoms with Gasteiger partial charge >= 0.3 is 0 Å². The molecule has 0 spiro atoms. The van der Waals surface area contributed by atoms with Crippen LogP contribution in [0.25, 0.3) is 33.0 Å². The zero-order valence-electron chi connectivity index (χ0n) is 39.3. The molecule has 3 unspecified atom stereocenters. The van der Waals surface area contributed by atoms with Crippen molar-refractivity contribution in [2.24, 2.45) is 11.8 Å². The summed E-state index contributed by atoms with van der Waals surface area (Å²) in [4.78, 5) is 5.09. The van der Waals surface area contributed by atoms with Crippen LogP contribution in [-0.2, 0) is 31.1 Å². The normalized spacial score (nSPS) is 18.5. The fourth-order valence-electron chi connectivity index (χ4n) is 12.9. The van der Waals surface area contributed by atoms with Crippen molar-refractivity contribution in [2.75, 3.05) is 9.80 Å². The van der Waals surface area contributed by atoms with Gasteiger partial charge in [-0.2, -0.15) is 0 Å². The molecule has 0 aliphatic heterocycles. The molecule has 2 fully saturated rings. The zero-order chi connectivity index (χ0) is 45.3. The molecule has 7 aliphatic rings. The minimum atomic E-state index is -0.170. The number of nitrogens with zero attached hydrogens (tertiary/aromatic N) is 2. The zero-order valence-corrected chi connectivity index (χ0v) is 39.3. The minimum absolute atomic E-state index is 0.170. The van der Waals surface area contributed by atoms with Crippen molar-refractivity contribution in [1.82, 2.24) is 0 Å². The Labute approximate surface area is 402 Å². The molecule has 0 aromatic heterocycles. The van der Waals surface area contributed by atoms with Crippen molar-refractivity contribution in [2.45, 2.75) is 76.5 Å². The molecular weight excluding hydrogens is 821 g/mol. The molecule has 0 radical (unpaired) electrons. The Morgan fingerprint density at radius 3 is 1.66 bits per heavy atom. The predicted octanol–water partition coefficient (Wildman–Crippen LogP) is 17.5. The number of benzene rings is 9. The molecule has 0 heterocycles. The molecule has 7 aliphatic carbocycles. The van der Waals surface area contributed by atoms with E-state index in [2.05, 4.69) is 224 Å². The lowest BCUT2D eigenvalue weighted by Crippen LogP contribution is -2.18. The van der Waals surface area contributed by atoms with Gasteiger partial charge < -0.3 is 9.80 Å². The standard InChI is InChI=1S/C66H58N2/c1-66(2)62-42-53(47-11-5-3-6-12-47)30-35-59(62)60-36-34-58(43-63(60)66)68(57-33-27-48-13-9-10-14-52(48)41-57)65-40-45-18-23-50-22-17-44(19-24-51(65)25-20-45)39-64(50)67(55-15-7-4-8-16-55)56-31-28-49(29-32-56)61-38-46-21-26-54(61)37-46/h3-17,20,22,25,27-36,39-43,46,54,61H,18-19,21,23-24,26,37-38H2,1-2H3. The molecule has 0 amide bonds. The topological polar surface area (TPSA) is 6.48 Å². The fourth-order valence-corrected chi connectivity index (χ4v) is 12.9. The third kappa shape index (κ3) is 7.16. The van der Waals surface area contributed by atoms with E-state index in [0.717, 1.165) is 43.4 Å². The summed E-state index contributed by atoms with van der Waals surface area (Å²) >= 11 is 0. The van der Waals surface area contributed by atoms with Gasteiger partial charge in [0.15, 0.2) is 0 Å². The first-order chi connectivity index (χ1) is 33.4. The molecule has 3 atom stereocenters. The van der Waals surface area contributed by atoms with Crippen LogP contribution in [-0.4, -0.2) is 0 Å². The van der Waals surface area contributed by atoms with E-state index < -0.39 is 0 Å². The van der Waals surface area contributed by atoms with Crippen LogP contribution in [0.2, 0.25) is 0 Å². The van der Waals surface area contributed by atoms with Crippen molar-refractivity contribution >= 4 is 44.9 Å². The largest absolute Gasteiger partial charge is 0.310 e. The van der Waals surface area contributed by atoms with Crippen LogP contribution in [0, 0.1) is 11.8 Å². The van der Waals surface area contributed by atoms with E-state index >= 15 is 0 Å². The highest BCUT2D eigenvalue weighted by atomic mass is 15.2. The summed E-state index contributed by atoms with van der Waals surface area (Å²) < 4.78 is 0. The molecular formula is C66H58N2. The fraction of sp³-hybridized carbons (Fsp3) is 0.212. The van der Waals surface area contributed by atoms with Gasteiger partial charge in [-0.3, -0.25) is 0 Å². The highest BCUT2D eigenvalue weighted by molar-refractivity contribution is 5.92. The highest BCUT2D eigenvalue weighted by Crippen LogP contribution is 2.54. The first-order valence-electron chi connectivity index (χ1n) is 25.2. The molecule has 9 aromatic rings. The Balaban J connectivity index is 0.884. The van der Waals surface area contributed by atoms with Crippen molar-refractivity contribution < 1.29 is 0 Å². The van der Waals surface area contributed by atoms with Gasteiger partial charge in [-0.05, 0) is 201 Å². The van der Waals surface area contributed by atoms with Crippen LogP contribution in [0.3, 0.4) is 0 Å². The number of hydrogen-bond acceptors (Lipinski definition) is 2. The lowest BCUT2D eigenvalue weighted by molar-refractivity contribution is 0.420. The van der Waals surface area contributed by atoms with Crippen molar-refractivity contribution in [3.8, 4) is 22.3 Å². The van der Waals surface area contributed by atoms with Gasteiger partial charge in [0, 0.05) is 39.5 Å². The number of para-hydroxylation sites is 1. The van der Waals surface area contributed by atoms with Gasteiger partial charge in [0.05, 0.1) is 0 Å². The summed E-state index contributed by atoms with van der Waals surface area (Å²) in [6, 6.07) is 76.4. The molecule has 2 nitrogen and oxygen atoms in total. The predicted molar refractivity (Wildman–Crippen MR) is 286 cm³/mol. The Morgan fingerprint density at radius 1 is 0.412 bits per heavy atom. The summed E-state index contributed by atoms with van der Waals surface area (Å²) in [5.41, 5.74) is 22.2. The molecule has 2 saturated carbocycles.